The number of hydrogen-bond acceptors (Lipinski definition) is 3. The van der Waals surface area contributed by atoms with Gasteiger partial charge < -0.3 is 16.6 Å². The van der Waals surface area contributed by atoms with Crippen molar-refractivity contribution in [3.63, 3.8) is 0 Å². The lowest BCUT2D eigenvalue weighted by Gasteiger charge is -2.18. The minimum absolute atomic E-state index is 0.164. The van der Waals surface area contributed by atoms with Gasteiger partial charge in [-0.3, -0.25) is 0 Å². The molecule has 2 aromatic carbocycles. The maximum Gasteiger partial charge on any atom is 0.138 e. The zero-order valence-corrected chi connectivity index (χ0v) is 16.6. The summed E-state index contributed by atoms with van der Waals surface area (Å²) in [6.07, 6.45) is 2.07. The lowest BCUT2D eigenvalue weighted by atomic mass is 9.88. The molecule has 0 saturated heterocycles. The Bertz CT molecular complexity index is 662. The third-order valence-electron chi connectivity index (χ3n) is 3.54. The van der Waals surface area contributed by atoms with Gasteiger partial charge in [0.15, 0.2) is 0 Å². The van der Waals surface area contributed by atoms with Crippen LogP contribution in [0, 0.1) is 10.8 Å². The normalized spacial score (nSPS) is 11.6. The molecular formula is C22H34N2O. The van der Waals surface area contributed by atoms with E-state index >= 15 is 0 Å². The predicted octanol–water partition coefficient (Wildman–Crippen LogP) is 5.42. The van der Waals surface area contributed by atoms with E-state index in [4.69, 9.17) is 11.5 Å². The van der Waals surface area contributed by atoms with Crippen LogP contribution in [0.25, 0.3) is 0 Å². The Balaban J connectivity index is 0.000000251. The highest BCUT2D eigenvalue weighted by molar-refractivity contribution is 5.53. The molecule has 0 aliphatic heterocycles. The highest BCUT2D eigenvalue weighted by Gasteiger charge is 2.12. The maximum atomic E-state index is 9.22. The quantitative estimate of drug-likeness (QED) is 0.504. The fourth-order valence-corrected chi connectivity index (χ4v) is 2.57. The van der Waals surface area contributed by atoms with Crippen LogP contribution in [0.4, 0.5) is 11.4 Å². The van der Waals surface area contributed by atoms with E-state index in [9.17, 15) is 5.11 Å². The van der Waals surface area contributed by atoms with Crippen LogP contribution < -0.4 is 11.5 Å². The second-order valence-corrected chi connectivity index (χ2v) is 9.11. The molecule has 25 heavy (non-hydrogen) atoms. The van der Waals surface area contributed by atoms with Crippen LogP contribution in [-0.4, -0.2) is 5.11 Å². The van der Waals surface area contributed by atoms with Crippen molar-refractivity contribution in [1.82, 2.24) is 0 Å². The van der Waals surface area contributed by atoms with Crippen LogP contribution in [0.3, 0.4) is 0 Å². The first kappa shape index (κ1) is 20.9. The van der Waals surface area contributed by atoms with E-state index in [2.05, 4.69) is 53.7 Å². The van der Waals surface area contributed by atoms with Gasteiger partial charge in [-0.2, -0.15) is 0 Å². The molecule has 0 saturated carbocycles. The monoisotopic (exact) mass is 342 g/mol. The van der Waals surface area contributed by atoms with Gasteiger partial charge in [0.05, 0.1) is 5.69 Å². The largest absolute Gasteiger partial charge is 0.506 e. The van der Waals surface area contributed by atoms with Gasteiger partial charge in [-0.1, -0.05) is 59.7 Å². The first-order chi connectivity index (χ1) is 11.4. The van der Waals surface area contributed by atoms with Crippen molar-refractivity contribution in [2.75, 3.05) is 11.5 Å². The zero-order chi connectivity index (χ0) is 19.3. The number of anilines is 2. The lowest BCUT2D eigenvalue weighted by molar-refractivity contribution is 0.410. The van der Waals surface area contributed by atoms with Gasteiger partial charge in [-0.05, 0) is 59.1 Å². The molecule has 0 atom stereocenters. The third-order valence-corrected chi connectivity index (χ3v) is 3.54. The standard InChI is InChI=1S/C11H17NO.C11H17N/c1-11(2,3)7-8-4-5-10(13)9(12)6-8;1-11(2,3)8-9-4-6-10(12)7-5-9/h4-6,13H,7,12H2,1-3H3;4-7H,8,12H2,1-3H3. The molecular weight excluding hydrogens is 308 g/mol. The van der Waals surface area contributed by atoms with Gasteiger partial charge in [0.25, 0.3) is 0 Å². The van der Waals surface area contributed by atoms with E-state index in [1.807, 2.05) is 24.3 Å². The molecule has 5 N–H and O–H groups in total. The fourth-order valence-electron chi connectivity index (χ4n) is 2.57. The van der Waals surface area contributed by atoms with Crippen molar-refractivity contribution in [2.24, 2.45) is 10.8 Å². The SMILES string of the molecule is CC(C)(C)Cc1ccc(N)cc1.CC(C)(C)Cc1ccc(O)c(N)c1. The van der Waals surface area contributed by atoms with E-state index in [1.165, 1.54) is 11.1 Å². The summed E-state index contributed by atoms with van der Waals surface area (Å²) < 4.78 is 0. The van der Waals surface area contributed by atoms with E-state index < -0.39 is 0 Å². The molecule has 2 aromatic rings. The van der Waals surface area contributed by atoms with Crippen molar-refractivity contribution in [3.05, 3.63) is 53.6 Å². The molecule has 0 aliphatic rings. The smallest absolute Gasteiger partial charge is 0.138 e. The lowest BCUT2D eigenvalue weighted by Crippen LogP contribution is -2.09. The fraction of sp³-hybridized carbons (Fsp3) is 0.455. The molecule has 3 heteroatoms. The maximum absolute atomic E-state index is 9.22. The van der Waals surface area contributed by atoms with Crippen molar-refractivity contribution in [1.29, 1.82) is 0 Å². The molecule has 138 valence electrons. The topological polar surface area (TPSA) is 72.3 Å². The van der Waals surface area contributed by atoms with Crippen LogP contribution in [0.5, 0.6) is 5.75 Å². The number of benzene rings is 2. The minimum atomic E-state index is 0.164. The molecule has 0 heterocycles. The molecule has 0 aliphatic carbocycles. The second-order valence-electron chi connectivity index (χ2n) is 9.11. The number of aromatic hydroxyl groups is 1. The Labute approximate surface area is 153 Å². The van der Waals surface area contributed by atoms with Crippen molar-refractivity contribution in [3.8, 4) is 5.75 Å². The Morgan fingerprint density at radius 1 is 0.720 bits per heavy atom. The molecule has 0 unspecified atom stereocenters. The van der Waals surface area contributed by atoms with Gasteiger partial charge >= 0.3 is 0 Å². The minimum Gasteiger partial charge on any atom is -0.506 e. The molecule has 0 spiro atoms. The van der Waals surface area contributed by atoms with E-state index in [1.54, 1.807) is 6.07 Å². The third kappa shape index (κ3) is 9.04. The van der Waals surface area contributed by atoms with Gasteiger partial charge in [0.2, 0.25) is 0 Å². The van der Waals surface area contributed by atoms with Crippen LogP contribution in [0.1, 0.15) is 52.7 Å². The Morgan fingerprint density at radius 2 is 1.16 bits per heavy atom. The van der Waals surface area contributed by atoms with Crippen molar-refractivity contribution >= 4 is 11.4 Å². The number of phenols is 1. The summed E-state index contributed by atoms with van der Waals surface area (Å²) in [7, 11) is 0. The van der Waals surface area contributed by atoms with Gasteiger partial charge in [0, 0.05) is 5.69 Å². The number of phenolic OH excluding ortho intramolecular Hbond substituents is 1. The average Bonchev–Trinajstić information content (AvgIpc) is 2.43. The Kier molecular flexibility index (Phi) is 6.92. The number of rotatable bonds is 2. The molecule has 0 fully saturated rings. The zero-order valence-electron chi connectivity index (χ0n) is 16.6. The van der Waals surface area contributed by atoms with Crippen LogP contribution in [-0.2, 0) is 12.8 Å². The molecule has 0 aromatic heterocycles. The average molecular weight is 343 g/mol. The Morgan fingerprint density at radius 3 is 1.60 bits per heavy atom. The summed E-state index contributed by atoms with van der Waals surface area (Å²) in [6.45, 7) is 13.2. The molecule has 0 radical (unpaired) electrons. The van der Waals surface area contributed by atoms with Crippen LogP contribution in [0.2, 0.25) is 0 Å². The van der Waals surface area contributed by atoms with Crippen LogP contribution >= 0.6 is 0 Å². The van der Waals surface area contributed by atoms with E-state index in [-0.39, 0.29) is 11.2 Å². The number of hydrogen-bond donors (Lipinski definition) is 3. The highest BCUT2D eigenvalue weighted by atomic mass is 16.3. The summed E-state index contributed by atoms with van der Waals surface area (Å²) in [4.78, 5) is 0. The van der Waals surface area contributed by atoms with E-state index in [0.29, 0.717) is 11.1 Å². The van der Waals surface area contributed by atoms with Gasteiger partial charge in [0.1, 0.15) is 5.75 Å². The molecule has 0 bridgehead atoms. The molecule has 3 nitrogen and oxygen atoms in total. The van der Waals surface area contributed by atoms with Crippen molar-refractivity contribution in [2.45, 2.75) is 54.4 Å². The number of nitrogen functional groups attached to an aromatic ring is 2. The first-order valence-corrected chi connectivity index (χ1v) is 8.77. The van der Waals surface area contributed by atoms with E-state index in [0.717, 1.165) is 18.5 Å². The summed E-state index contributed by atoms with van der Waals surface area (Å²) in [6, 6.07) is 13.5. The summed E-state index contributed by atoms with van der Waals surface area (Å²) in [5.41, 5.74) is 15.6. The summed E-state index contributed by atoms with van der Waals surface area (Å²) >= 11 is 0. The number of nitrogens with two attached hydrogens (primary N) is 2. The van der Waals surface area contributed by atoms with Gasteiger partial charge in [-0.15, -0.1) is 0 Å². The molecule has 0 amide bonds. The predicted molar refractivity (Wildman–Crippen MR) is 110 cm³/mol. The Hall–Kier alpha value is -2.16. The summed E-state index contributed by atoms with van der Waals surface area (Å²) in [5.74, 6) is 0.164. The van der Waals surface area contributed by atoms with Crippen molar-refractivity contribution < 1.29 is 5.11 Å². The highest BCUT2D eigenvalue weighted by Crippen LogP contribution is 2.26. The van der Waals surface area contributed by atoms with Crippen LogP contribution in [0.15, 0.2) is 42.5 Å². The molecule has 2 rings (SSSR count). The second kappa shape index (κ2) is 8.28. The first-order valence-electron chi connectivity index (χ1n) is 8.77. The summed E-state index contributed by atoms with van der Waals surface area (Å²) in [5, 5.41) is 9.22. The van der Waals surface area contributed by atoms with Gasteiger partial charge in [-0.25, -0.2) is 0 Å².